The Morgan fingerprint density at radius 2 is 2.16 bits per heavy atom. The van der Waals surface area contributed by atoms with Gasteiger partial charge >= 0.3 is 0 Å². The van der Waals surface area contributed by atoms with E-state index in [1.807, 2.05) is 0 Å². The second-order valence-electron chi connectivity index (χ2n) is 5.86. The second-order valence-corrected chi connectivity index (χ2v) is 5.86. The molecule has 1 aliphatic carbocycles. The van der Waals surface area contributed by atoms with Gasteiger partial charge in [-0.2, -0.15) is 5.10 Å². The normalized spacial score (nSPS) is 19.0. The molecule has 6 nitrogen and oxygen atoms in total. The van der Waals surface area contributed by atoms with E-state index in [-0.39, 0.29) is 12.3 Å². The molecule has 0 unspecified atom stereocenters. The molecule has 0 radical (unpaired) electrons. The van der Waals surface area contributed by atoms with Crippen molar-refractivity contribution in [3.05, 3.63) is 36.1 Å². The fourth-order valence-corrected chi connectivity index (χ4v) is 2.70. The van der Waals surface area contributed by atoms with Crippen molar-refractivity contribution in [1.82, 2.24) is 15.2 Å². The molecule has 1 fully saturated rings. The number of hydrogen-bond acceptors (Lipinski definition) is 4. The van der Waals surface area contributed by atoms with Crippen LogP contribution in [0.15, 0.2) is 30.3 Å². The number of fused-ring (bicyclic) bond motifs is 1. The van der Waals surface area contributed by atoms with Crippen molar-refractivity contribution in [2.75, 3.05) is 12.4 Å². The number of ether oxygens (including phenoxy) is 1. The van der Waals surface area contributed by atoms with Crippen molar-refractivity contribution in [1.29, 1.82) is 0 Å². The maximum Gasteiger partial charge on any atom is 0.231 e. The Kier molecular flexibility index (Phi) is 3.60. The molecule has 1 aliphatic rings. The number of aromatic nitrogens is 3. The highest BCUT2D eigenvalue weighted by atomic mass is 19.1. The largest absolute Gasteiger partial charge is 0.496 e. The minimum absolute atomic E-state index is 0.252. The molecule has 128 valence electrons. The van der Waals surface area contributed by atoms with E-state index < -0.39 is 17.9 Å². The van der Waals surface area contributed by atoms with Crippen LogP contribution < -0.4 is 10.1 Å². The maximum atomic E-state index is 13.6. The monoisotopic (exact) mass is 344 g/mol. The molecule has 2 atom stereocenters. The summed E-state index contributed by atoms with van der Waals surface area (Å²) in [7, 11) is 1.49. The lowest BCUT2D eigenvalue weighted by Gasteiger charge is -2.07. The standard InChI is InChI=1S/C17H14F2N4O2/c1-25-13-4-2-8(18)6-11(13)15-9-3-5-14(20-16(9)23-22-15)21-17(24)10-7-12(10)19/h2-6,10,12H,7H2,1H3,(H2,20,21,22,23,24)/t10-,12+/m1/s1. The first-order valence-electron chi connectivity index (χ1n) is 7.71. The first kappa shape index (κ1) is 15.5. The minimum atomic E-state index is -1.07. The van der Waals surface area contributed by atoms with Gasteiger partial charge in [0.2, 0.25) is 5.91 Å². The van der Waals surface area contributed by atoms with E-state index in [4.69, 9.17) is 4.74 Å². The van der Waals surface area contributed by atoms with Gasteiger partial charge in [0.1, 0.15) is 29.3 Å². The molecule has 8 heteroatoms. The first-order chi connectivity index (χ1) is 12.1. The van der Waals surface area contributed by atoms with E-state index in [2.05, 4.69) is 20.5 Å². The third-order valence-electron chi connectivity index (χ3n) is 4.14. The maximum absolute atomic E-state index is 13.6. The summed E-state index contributed by atoms with van der Waals surface area (Å²) in [5.41, 5.74) is 1.40. The van der Waals surface area contributed by atoms with E-state index in [0.717, 1.165) is 0 Å². The number of nitrogens with one attached hydrogen (secondary N) is 2. The number of anilines is 1. The number of carbonyl (C=O) groups excluding carboxylic acids is 1. The SMILES string of the molecule is COc1ccc(F)cc1-c1n[nH]c2nc(NC(=O)[C@@H]3C[C@@H]3F)ccc12. The number of halogens is 2. The zero-order valence-electron chi connectivity index (χ0n) is 13.2. The van der Waals surface area contributed by atoms with Crippen LogP contribution in [-0.4, -0.2) is 34.4 Å². The molecule has 0 spiro atoms. The number of pyridine rings is 1. The highest BCUT2D eigenvalue weighted by Gasteiger charge is 2.43. The van der Waals surface area contributed by atoms with Crippen LogP contribution in [0.1, 0.15) is 6.42 Å². The number of carbonyl (C=O) groups is 1. The number of amides is 1. The Morgan fingerprint density at radius 1 is 1.36 bits per heavy atom. The summed E-state index contributed by atoms with van der Waals surface area (Å²) >= 11 is 0. The van der Waals surface area contributed by atoms with Crippen LogP contribution in [0.4, 0.5) is 14.6 Å². The van der Waals surface area contributed by atoms with Crippen LogP contribution in [0, 0.1) is 11.7 Å². The Bertz CT molecular complexity index is 972. The van der Waals surface area contributed by atoms with Crippen LogP contribution >= 0.6 is 0 Å². The van der Waals surface area contributed by atoms with Gasteiger partial charge in [0.05, 0.1) is 13.0 Å². The van der Waals surface area contributed by atoms with Crippen LogP contribution in [0.25, 0.3) is 22.3 Å². The molecule has 3 aromatic rings. The summed E-state index contributed by atoms with van der Waals surface area (Å²) < 4.78 is 31.8. The van der Waals surface area contributed by atoms with Gasteiger partial charge in [0.25, 0.3) is 0 Å². The van der Waals surface area contributed by atoms with E-state index in [0.29, 0.717) is 33.9 Å². The molecule has 25 heavy (non-hydrogen) atoms. The zero-order valence-corrected chi connectivity index (χ0v) is 13.2. The topological polar surface area (TPSA) is 79.9 Å². The van der Waals surface area contributed by atoms with Gasteiger partial charge < -0.3 is 10.1 Å². The lowest BCUT2D eigenvalue weighted by atomic mass is 10.1. The third-order valence-corrected chi connectivity index (χ3v) is 4.14. The van der Waals surface area contributed by atoms with Gasteiger partial charge in [0.15, 0.2) is 5.65 Å². The fourth-order valence-electron chi connectivity index (χ4n) is 2.70. The number of rotatable bonds is 4. The molecule has 2 heterocycles. The third kappa shape index (κ3) is 2.79. The molecule has 1 saturated carbocycles. The van der Waals surface area contributed by atoms with Crippen molar-refractivity contribution >= 4 is 22.8 Å². The zero-order chi connectivity index (χ0) is 17.6. The molecule has 1 aromatic carbocycles. The molecule has 2 N–H and O–H groups in total. The summed E-state index contributed by atoms with van der Waals surface area (Å²) in [6.45, 7) is 0. The number of aromatic amines is 1. The van der Waals surface area contributed by atoms with Crippen molar-refractivity contribution in [2.45, 2.75) is 12.6 Å². The van der Waals surface area contributed by atoms with Gasteiger partial charge in [-0.1, -0.05) is 0 Å². The van der Waals surface area contributed by atoms with Gasteiger partial charge in [-0.3, -0.25) is 9.89 Å². The van der Waals surface area contributed by atoms with Crippen LogP contribution in [0.2, 0.25) is 0 Å². The summed E-state index contributed by atoms with van der Waals surface area (Å²) in [5.74, 6) is -0.598. The summed E-state index contributed by atoms with van der Waals surface area (Å²) in [5, 5.41) is 10.2. The van der Waals surface area contributed by atoms with Gasteiger partial charge in [-0.15, -0.1) is 0 Å². The number of methoxy groups -OCH3 is 1. The lowest BCUT2D eigenvalue weighted by molar-refractivity contribution is -0.117. The molecular weight excluding hydrogens is 330 g/mol. The van der Waals surface area contributed by atoms with E-state index in [9.17, 15) is 13.6 Å². The lowest BCUT2D eigenvalue weighted by Crippen LogP contribution is -2.15. The van der Waals surface area contributed by atoms with Gasteiger partial charge in [0, 0.05) is 10.9 Å². The Balaban J connectivity index is 1.69. The highest BCUT2D eigenvalue weighted by Crippen LogP contribution is 2.36. The second kappa shape index (κ2) is 5.80. The van der Waals surface area contributed by atoms with Crippen LogP contribution in [-0.2, 0) is 4.79 Å². The highest BCUT2D eigenvalue weighted by molar-refractivity contribution is 5.97. The Hall–Kier alpha value is -3.03. The Labute approximate surface area is 141 Å². The predicted octanol–water partition coefficient (Wildman–Crippen LogP) is 3.07. The predicted molar refractivity (Wildman–Crippen MR) is 87.5 cm³/mol. The number of nitrogens with zero attached hydrogens (tertiary/aromatic N) is 2. The number of benzene rings is 1. The quantitative estimate of drug-likeness (QED) is 0.762. The van der Waals surface area contributed by atoms with Crippen LogP contribution in [0.5, 0.6) is 5.75 Å². The van der Waals surface area contributed by atoms with E-state index in [1.165, 1.54) is 25.3 Å². The summed E-state index contributed by atoms with van der Waals surface area (Å²) in [4.78, 5) is 16.1. The number of hydrogen-bond donors (Lipinski definition) is 2. The molecule has 1 amide bonds. The molecule has 0 bridgehead atoms. The van der Waals surface area contributed by atoms with E-state index in [1.54, 1.807) is 12.1 Å². The average Bonchev–Trinajstić information content (AvgIpc) is 3.19. The van der Waals surface area contributed by atoms with Crippen molar-refractivity contribution in [3.8, 4) is 17.0 Å². The smallest absolute Gasteiger partial charge is 0.231 e. The van der Waals surface area contributed by atoms with Gasteiger partial charge in [-0.25, -0.2) is 13.8 Å². The molecule has 0 saturated heterocycles. The van der Waals surface area contributed by atoms with Gasteiger partial charge in [-0.05, 0) is 36.8 Å². The van der Waals surface area contributed by atoms with E-state index >= 15 is 0 Å². The fraction of sp³-hybridized carbons (Fsp3) is 0.235. The molecular formula is C17H14F2N4O2. The number of alkyl halides is 1. The molecule has 2 aromatic heterocycles. The molecule has 4 rings (SSSR count). The minimum Gasteiger partial charge on any atom is -0.496 e. The average molecular weight is 344 g/mol. The van der Waals surface area contributed by atoms with Crippen molar-refractivity contribution in [2.24, 2.45) is 5.92 Å². The summed E-state index contributed by atoms with van der Waals surface area (Å²) in [6, 6.07) is 7.47. The van der Waals surface area contributed by atoms with Crippen molar-refractivity contribution in [3.63, 3.8) is 0 Å². The van der Waals surface area contributed by atoms with Crippen molar-refractivity contribution < 1.29 is 18.3 Å². The first-order valence-corrected chi connectivity index (χ1v) is 7.71. The van der Waals surface area contributed by atoms with Crippen LogP contribution in [0.3, 0.4) is 0 Å². The number of H-pyrrole nitrogens is 1. The molecule has 0 aliphatic heterocycles. The Morgan fingerprint density at radius 3 is 2.88 bits per heavy atom. The summed E-state index contributed by atoms with van der Waals surface area (Å²) in [6.07, 6.45) is -0.815.